The minimum absolute atomic E-state index is 0.119. The number of rotatable bonds is 3. The molecule has 6 heteroatoms. The highest BCUT2D eigenvalue weighted by atomic mass is 16.2. The zero-order valence-electron chi connectivity index (χ0n) is 13.5. The van der Waals surface area contributed by atoms with Crippen molar-refractivity contribution in [3.05, 3.63) is 42.0 Å². The Morgan fingerprint density at radius 2 is 2.13 bits per heavy atom. The summed E-state index contributed by atoms with van der Waals surface area (Å²) < 4.78 is 0. The normalized spacial score (nSPS) is 17.8. The summed E-state index contributed by atoms with van der Waals surface area (Å²) in [5.41, 5.74) is 1.85. The molecule has 23 heavy (non-hydrogen) atoms. The lowest BCUT2D eigenvalue weighted by Gasteiger charge is -2.32. The molecule has 2 aromatic rings. The van der Waals surface area contributed by atoms with E-state index in [0.717, 1.165) is 42.4 Å². The summed E-state index contributed by atoms with van der Waals surface area (Å²) >= 11 is 0. The van der Waals surface area contributed by atoms with Crippen LogP contribution < -0.4 is 5.32 Å². The Bertz CT molecular complexity index is 703. The average Bonchev–Trinajstić information content (AvgIpc) is 2.55. The number of pyridine rings is 1. The van der Waals surface area contributed by atoms with Crippen molar-refractivity contribution in [2.75, 3.05) is 18.4 Å². The van der Waals surface area contributed by atoms with E-state index in [1.54, 1.807) is 19.3 Å². The average molecular weight is 311 g/mol. The van der Waals surface area contributed by atoms with E-state index in [2.05, 4.69) is 20.3 Å². The minimum atomic E-state index is 0.119. The van der Waals surface area contributed by atoms with Crippen molar-refractivity contribution in [3.63, 3.8) is 0 Å². The second-order valence-corrected chi connectivity index (χ2v) is 5.88. The van der Waals surface area contributed by atoms with Crippen LogP contribution >= 0.6 is 0 Å². The van der Waals surface area contributed by atoms with E-state index < -0.39 is 0 Å². The van der Waals surface area contributed by atoms with Crippen LogP contribution in [-0.4, -0.2) is 38.8 Å². The Labute approximate surface area is 136 Å². The number of carbonyl (C=O) groups is 1. The Hall–Kier alpha value is -2.50. The SMILES string of the molecule is CC(=O)N1CCC[C@@H](c2nccnc2Nc2cccc(C)n2)C1. The molecule has 0 saturated carbocycles. The van der Waals surface area contributed by atoms with Crippen LogP contribution in [-0.2, 0) is 4.79 Å². The molecule has 1 amide bonds. The highest BCUT2D eigenvalue weighted by molar-refractivity contribution is 5.73. The highest BCUT2D eigenvalue weighted by Gasteiger charge is 2.26. The first-order chi connectivity index (χ1) is 11.1. The van der Waals surface area contributed by atoms with Crippen molar-refractivity contribution in [3.8, 4) is 0 Å². The number of carbonyl (C=O) groups excluding carboxylic acids is 1. The summed E-state index contributed by atoms with van der Waals surface area (Å²) in [6, 6.07) is 5.82. The van der Waals surface area contributed by atoms with Gasteiger partial charge in [-0.2, -0.15) is 0 Å². The first kappa shape index (κ1) is 15.4. The van der Waals surface area contributed by atoms with Gasteiger partial charge in [0.25, 0.3) is 0 Å². The van der Waals surface area contributed by atoms with Crippen molar-refractivity contribution in [1.29, 1.82) is 0 Å². The quantitative estimate of drug-likeness (QED) is 0.943. The van der Waals surface area contributed by atoms with Crippen LogP contribution in [0.1, 0.15) is 37.1 Å². The molecule has 0 spiro atoms. The summed E-state index contributed by atoms with van der Waals surface area (Å²) in [7, 11) is 0. The first-order valence-corrected chi connectivity index (χ1v) is 7.90. The Morgan fingerprint density at radius 1 is 1.30 bits per heavy atom. The number of piperidine rings is 1. The number of likely N-dealkylation sites (tertiary alicyclic amines) is 1. The highest BCUT2D eigenvalue weighted by Crippen LogP contribution is 2.30. The molecule has 1 saturated heterocycles. The lowest BCUT2D eigenvalue weighted by molar-refractivity contribution is -0.130. The van der Waals surface area contributed by atoms with E-state index in [0.29, 0.717) is 6.54 Å². The van der Waals surface area contributed by atoms with Gasteiger partial charge in [0.15, 0.2) is 5.82 Å². The maximum atomic E-state index is 11.7. The van der Waals surface area contributed by atoms with Crippen LogP contribution in [0.15, 0.2) is 30.6 Å². The third kappa shape index (κ3) is 3.64. The predicted octanol–water partition coefficient (Wildman–Crippen LogP) is 2.65. The van der Waals surface area contributed by atoms with Crippen molar-refractivity contribution < 1.29 is 4.79 Å². The predicted molar refractivity (Wildman–Crippen MR) is 88.5 cm³/mol. The van der Waals surface area contributed by atoms with Crippen LogP contribution in [0.5, 0.6) is 0 Å². The number of amides is 1. The van der Waals surface area contributed by atoms with Crippen molar-refractivity contribution in [1.82, 2.24) is 19.9 Å². The lowest BCUT2D eigenvalue weighted by Crippen LogP contribution is -2.38. The summed E-state index contributed by atoms with van der Waals surface area (Å²) in [5.74, 6) is 1.80. The van der Waals surface area contributed by atoms with Gasteiger partial charge >= 0.3 is 0 Å². The third-order valence-corrected chi connectivity index (χ3v) is 4.11. The molecule has 0 aliphatic carbocycles. The van der Waals surface area contributed by atoms with Gasteiger partial charge in [0.1, 0.15) is 5.82 Å². The van der Waals surface area contributed by atoms with Crippen molar-refractivity contribution >= 4 is 17.5 Å². The van der Waals surface area contributed by atoms with E-state index in [-0.39, 0.29) is 11.8 Å². The molecule has 2 aromatic heterocycles. The van der Waals surface area contributed by atoms with E-state index >= 15 is 0 Å². The molecule has 1 fully saturated rings. The van der Waals surface area contributed by atoms with Gasteiger partial charge in [-0.25, -0.2) is 9.97 Å². The number of hydrogen-bond donors (Lipinski definition) is 1. The van der Waals surface area contributed by atoms with Crippen LogP contribution in [0.2, 0.25) is 0 Å². The van der Waals surface area contributed by atoms with Gasteiger partial charge in [-0.15, -0.1) is 0 Å². The minimum Gasteiger partial charge on any atom is -0.342 e. The van der Waals surface area contributed by atoms with E-state index in [4.69, 9.17) is 0 Å². The number of anilines is 2. The van der Waals surface area contributed by atoms with E-state index in [1.165, 1.54) is 0 Å². The summed E-state index contributed by atoms with van der Waals surface area (Å²) in [6.07, 6.45) is 5.38. The molecule has 6 nitrogen and oxygen atoms in total. The van der Waals surface area contributed by atoms with Gasteiger partial charge in [-0.3, -0.25) is 9.78 Å². The zero-order valence-corrected chi connectivity index (χ0v) is 13.5. The fourth-order valence-corrected chi connectivity index (χ4v) is 2.96. The van der Waals surface area contributed by atoms with Gasteiger partial charge in [-0.05, 0) is 31.9 Å². The molecule has 1 N–H and O–H groups in total. The summed E-state index contributed by atoms with van der Waals surface area (Å²) in [5, 5.41) is 3.27. The number of aromatic nitrogens is 3. The Balaban J connectivity index is 1.84. The molecule has 120 valence electrons. The number of hydrogen-bond acceptors (Lipinski definition) is 5. The molecule has 0 bridgehead atoms. The molecular weight excluding hydrogens is 290 g/mol. The monoisotopic (exact) mass is 311 g/mol. The standard InChI is InChI=1S/C17H21N5O/c1-12-5-3-7-15(20-12)21-17-16(18-8-9-19-17)14-6-4-10-22(11-14)13(2)23/h3,5,7-9,14H,4,6,10-11H2,1-2H3,(H,19,20,21)/t14-/m1/s1. The summed E-state index contributed by atoms with van der Waals surface area (Å²) in [6.45, 7) is 5.10. The molecule has 0 radical (unpaired) electrons. The van der Waals surface area contributed by atoms with Gasteiger partial charge in [-0.1, -0.05) is 6.07 Å². The van der Waals surface area contributed by atoms with Crippen LogP contribution in [0, 0.1) is 6.92 Å². The smallest absolute Gasteiger partial charge is 0.219 e. The van der Waals surface area contributed by atoms with Gasteiger partial charge in [0.2, 0.25) is 5.91 Å². The lowest BCUT2D eigenvalue weighted by atomic mass is 9.94. The topological polar surface area (TPSA) is 71.0 Å². The molecule has 3 rings (SSSR count). The number of aryl methyl sites for hydroxylation is 1. The van der Waals surface area contributed by atoms with Gasteiger partial charge in [0, 0.05) is 44.0 Å². The maximum Gasteiger partial charge on any atom is 0.219 e. The van der Waals surface area contributed by atoms with E-state index in [9.17, 15) is 4.79 Å². The molecular formula is C17H21N5O. The van der Waals surface area contributed by atoms with Crippen molar-refractivity contribution in [2.24, 2.45) is 0 Å². The fourth-order valence-electron chi connectivity index (χ4n) is 2.96. The first-order valence-electron chi connectivity index (χ1n) is 7.90. The van der Waals surface area contributed by atoms with Crippen LogP contribution in [0.25, 0.3) is 0 Å². The second kappa shape index (κ2) is 6.73. The number of nitrogens with one attached hydrogen (secondary N) is 1. The number of nitrogens with zero attached hydrogens (tertiary/aromatic N) is 4. The van der Waals surface area contributed by atoms with E-state index in [1.807, 2.05) is 30.0 Å². The molecule has 1 atom stereocenters. The third-order valence-electron chi connectivity index (χ3n) is 4.11. The summed E-state index contributed by atoms with van der Waals surface area (Å²) in [4.78, 5) is 26.9. The molecule has 1 aliphatic rings. The van der Waals surface area contributed by atoms with Gasteiger partial charge < -0.3 is 10.2 Å². The molecule has 0 aromatic carbocycles. The maximum absolute atomic E-state index is 11.7. The fraction of sp³-hybridized carbons (Fsp3) is 0.412. The molecule has 0 unspecified atom stereocenters. The van der Waals surface area contributed by atoms with Crippen LogP contribution in [0.4, 0.5) is 11.6 Å². The Kier molecular flexibility index (Phi) is 4.50. The molecule has 3 heterocycles. The second-order valence-electron chi connectivity index (χ2n) is 5.88. The zero-order chi connectivity index (χ0) is 16.2. The largest absolute Gasteiger partial charge is 0.342 e. The van der Waals surface area contributed by atoms with Crippen LogP contribution in [0.3, 0.4) is 0 Å². The van der Waals surface area contributed by atoms with Crippen molar-refractivity contribution in [2.45, 2.75) is 32.6 Å². The Morgan fingerprint density at radius 3 is 2.91 bits per heavy atom. The van der Waals surface area contributed by atoms with Gasteiger partial charge in [0.05, 0.1) is 5.69 Å². The molecule has 1 aliphatic heterocycles.